The van der Waals surface area contributed by atoms with Gasteiger partial charge in [0.1, 0.15) is 0 Å². The van der Waals surface area contributed by atoms with Crippen molar-refractivity contribution in [3.05, 3.63) is 68.7 Å². The molecule has 4 nitrogen and oxygen atoms in total. The molecule has 1 N–H and O–H groups in total. The van der Waals surface area contributed by atoms with E-state index in [2.05, 4.69) is 29.5 Å². The first-order chi connectivity index (χ1) is 11.5. The number of anilines is 1. The third-order valence-corrected chi connectivity index (χ3v) is 5.28. The summed E-state index contributed by atoms with van der Waals surface area (Å²) in [5, 5.41) is 9.58. The van der Waals surface area contributed by atoms with Crippen LogP contribution in [0.5, 0.6) is 0 Å². The van der Waals surface area contributed by atoms with Crippen LogP contribution in [0.4, 0.5) is 5.69 Å². The molecular formula is C19H21N3OS. The Bertz CT molecular complexity index is 892. The summed E-state index contributed by atoms with van der Waals surface area (Å²) in [5.74, 6) is -0.0656. The lowest BCUT2D eigenvalue weighted by atomic mass is 10.1. The number of aryl methyl sites for hydroxylation is 3. The third-order valence-electron chi connectivity index (χ3n) is 4.27. The molecule has 2 aromatic heterocycles. The Hall–Kier alpha value is -2.40. The predicted molar refractivity (Wildman–Crippen MR) is 99.0 cm³/mol. The van der Waals surface area contributed by atoms with Gasteiger partial charge in [0.25, 0.3) is 5.91 Å². The predicted octanol–water partition coefficient (Wildman–Crippen LogP) is 4.48. The zero-order chi connectivity index (χ0) is 17.3. The second kappa shape index (κ2) is 6.61. The molecule has 2 heterocycles. The number of rotatable bonds is 4. The normalized spacial score (nSPS) is 10.8. The van der Waals surface area contributed by atoms with E-state index in [1.54, 1.807) is 0 Å². The van der Waals surface area contributed by atoms with Gasteiger partial charge in [0.2, 0.25) is 0 Å². The Labute approximate surface area is 146 Å². The summed E-state index contributed by atoms with van der Waals surface area (Å²) < 4.78 is 1.95. The van der Waals surface area contributed by atoms with E-state index in [1.165, 1.54) is 22.5 Å². The van der Waals surface area contributed by atoms with Gasteiger partial charge < -0.3 is 5.32 Å². The molecule has 3 aromatic rings. The topological polar surface area (TPSA) is 46.9 Å². The van der Waals surface area contributed by atoms with E-state index in [9.17, 15) is 4.79 Å². The standard InChI is InChI=1S/C19H21N3OS/c1-12-7-5-6-8-16(12)11-22-15(4)17(14(3)21-22)20-19(23)18-13(2)9-10-24-18/h5-10H,11H2,1-4H3,(H,20,23). The van der Waals surface area contributed by atoms with Gasteiger partial charge in [-0.05, 0) is 55.8 Å². The van der Waals surface area contributed by atoms with Crippen molar-refractivity contribution in [3.8, 4) is 0 Å². The smallest absolute Gasteiger partial charge is 0.266 e. The largest absolute Gasteiger partial charge is 0.318 e. The SMILES string of the molecule is Cc1ccccc1Cn1nc(C)c(NC(=O)c2sccc2C)c1C. The first kappa shape index (κ1) is 16.5. The Kier molecular flexibility index (Phi) is 4.53. The van der Waals surface area contributed by atoms with Gasteiger partial charge in [0.15, 0.2) is 0 Å². The molecular weight excluding hydrogens is 318 g/mol. The Morgan fingerprint density at radius 3 is 2.54 bits per heavy atom. The van der Waals surface area contributed by atoms with Crippen LogP contribution in [0.3, 0.4) is 0 Å². The van der Waals surface area contributed by atoms with Crippen LogP contribution in [0.2, 0.25) is 0 Å². The van der Waals surface area contributed by atoms with Gasteiger partial charge in [-0.25, -0.2) is 0 Å². The molecule has 1 aromatic carbocycles. The van der Waals surface area contributed by atoms with Crippen LogP contribution in [-0.4, -0.2) is 15.7 Å². The molecule has 124 valence electrons. The number of carbonyl (C=O) groups is 1. The number of benzene rings is 1. The lowest BCUT2D eigenvalue weighted by Gasteiger charge is -2.09. The highest BCUT2D eigenvalue weighted by Gasteiger charge is 2.17. The first-order valence-electron chi connectivity index (χ1n) is 7.91. The molecule has 3 rings (SSSR count). The molecule has 24 heavy (non-hydrogen) atoms. The first-order valence-corrected chi connectivity index (χ1v) is 8.79. The number of hydrogen-bond donors (Lipinski definition) is 1. The molecule has 1 amide bonds. The summed E-state index contributed by atoms with van der Waals surface area (Å²) in [6.45, 7) is 8.68. The van der Waals surface area contributed by atoms with Crippen molar-refractivity contribution in [1.82, 2.24) is 9.78 Å². The van der Waals surface area contributed by atoms with E-state index in [0.717, 1.165) is 27.5 Å². The van der Waals surface area contributed by atoms with Crippen molar-refractivity contribution in [2.45, 2.75) is 34.2 Å². The minimum atomic E-state index is -0.0656. The highest BCUT2D eigenvalue weighted by molar-refractivity contribution is 7.12. The molecule has 0 saturated carbocycles. The maximum Gasteiger partial charge on any atom is 0.266 e. The number of aromatic nitrogens is 2. The minimum Gasteiger partial charge on any atom is -0.318 e. The summed E-state index contributed by atoms with van der Waals surface area (Å²) >= 11 is 1.46. The second-order valence-corrected chi connectivity index (χ2v) is 6.93. The zero-order valence-electron chi connectivity index (χ0n) is 14.4. The minimum absolute atomic E-state index is 0.0656. The lowest BCUT2D eigenvalue weighted by molar-refractivity contribution is 0.103. The zero-order valence-corrected chi connectivity index (χ0v) is 15.2. The van der Waals surface area contributed by atoms with Gasteiger partial charge >= 0.3 is 0 Å². The average Bonchev–Trinajstić information content (AvgIpc) is 3.08. The van der Waals surface area contributed by atoms with Crippen LogP contribution in [0, 0.1) is 27.7 Å². The summed E-state index contributed by atoms with van der Waals surface area (Å²) in [5.41, 5.74) is 6.09. The van der Waals surface area contributed by atoms with Gasteiger partial charge in [-0.2, -0.15) is 5.10 Å². The molecule has 0 bridgehead atoms. The monoisotopic (exact) mass is 339 g/mol. The van der Waals surface area contributed by atoms with Crippen LogP contribution >= 0.6 is 11.3 Å². The van der Waals surface area contributed by atoms with Crippen molar-refractivity contribution in [3.63, 3.8) is 0 Å². The van der Waals surface area contributed by atoms with Gasteiger partial charge in [-0.3, -0.25) is 9.48 Å². The Morgan fingerprint density at radius 2 is 1.88 bits per heavy atom. The Morgan fingerprint density at radius 1 is 1.12 bits per heavy atom. The highest BCUT2D eigenvalue weighted by atomic mass is 32.1. The van der Waals surface area contributed by atoms with Crippen molar-refractivity contribution in [1.29, 1.82) is 0 Å². The van der Waals surface area contributed by atoms with Crippen LogP contribution in [0.25, 0.3) is 0 Å². The molecule has 0 aliphatic heterocycles. The van der Waals surface area contributed by atoms with E-state index in [0.29, 0.717) is 6.54 Å². The molecule has 0 unspecified atom stereocenters. The van der Waals surface area contributed by atoms with E-state index in [4.69, 9.17) is 0 Å². The van der Waals surface area contributed by atoms with Crippen molar-refractivity contribution >= 4 is 22.9 Å². The van der Waals surface area contributed by atoms with Crippen molar-refractivity contribution < 1.29 is 4.79 Å². The highest BCUT2D eigenvalue weighted by Crippen LogP contribution is 2.24. The van der Waals surface area contributed by atoms with Gasteiger partial charge in [0, 0.05) is 0 Å². The quantitative estimate of drug-likeness (QED) is 0.762. The second-order valence-electron chi connectivity index (χ2n) is 6.02. The lowest BCUT2D eigenvalue weighted by Crippen LogP contribution is -2.13. The van der Waals surface area contributed by atoms with Crippen LogP contribution in [0.15, 0.2) is 35.7 Å². The number of amides is 1. The van der Waals surface area contributed by atoms with Gasteiger partial charge in [-0.15, -0.1) is 11.3 Å². The van der Waals surface area contributed by atoms with E-state index in [-0.39, 0.29) is 5.91 Å². The molecule has 0 saturated heterocycles. The molecule has 5 heteroatoms. The van der Waals surface area contributed by atoms with Crippen molar-refractivity contribution in [2.75, 3.05) is 5.32 Å². The van der Waals surface area contributed by atoms with E-state index < -0.39 is 0 Å². The third kappa shape index (κ3) is 3.12. The number of thiophene rings is 1. The number of nitrogens with one attached hydrogen (secondary N) is 1. The average molecular weight is 339 g/mol. The number of nitrogens with zero attached hydrogens (tertiary/aromatic N) is 2. The number of carbonyl (C=O) groups excluding carboxylic acids is 1. The van der Waals surface area contributed by atoms with E-state index >= 15 is 0 Å². The Balaban J connectivity index is 1.86. The summed E-state index contributed by atoms with van der Waals surface area (Å²) in [6, 6.07) is 10.2. The number of hydrogen-bond acceptors (Lipinski definition) is 3. The fraction of sp³-hybridized carbons (Fsp3) is 0.263. The fourth-order valence-electron chi connectivity index (χ4n) is 2.76. The molecule has 0 radical (unpaired) electrons. The van der Waals surface area contributed by atoms with Crippen LogP contribution in [0.1, 0.15) is 37.7 Å². The maximum absolute atomic E-state index is 12.5. The summed E-state index contributed by atoms with van der Waals surface area (Å²) in [7, 11) is 0. The summed E-state index contributed by atoms with van der Waals surface area (Å²) in [4.78, 5) is 13.2. The van der Waals surface area contributed by atoms with Crippen molar-refractivity contribution in [2.24, 2.45) is 0 Å². The fourth-order valence-corrected chi connectivity index (χ4v) is 3.58. The molecule has 0 aliphatic rings. The van der Waals surface area contributed by atoms with Gasteiger partial charge in [-0.1, -0.05) is 24.3 Å². The van der Waals surface area contributed by atoms with E-state index in [1.807, 2.05) is 49.0 Å². The van der Waals surface area contributed by atoms with Gasteiger partial charge in [0.05, 0.1) is 28.5 Å². The molecule has 0 aliphatic carbocycles. The molecule has 0 atom stereocenters. The molecule has 0 fully saturated rings. The van der Waals surface area contributed by atoms with Crippen LogP contribution < -0.4 is 5.32 Å². The maximum atomic E-state index is 12.5. The molecule has 0 spiro atoms. The summed E-state index contributed by atoms with van der Waals surface area (Å²) in [6.07, 6.45) is 0. The van der Waals surface area contributed by atoms with Crippen LogP contribution in [-0.2, 0) is 6.54 Å².